The lowest BCUT2D eigenvalue weighted by Crippen LogP contribution is -2.50. The zero-order valence-electron chi connectivity index (χ0n) is 13.8. The second-order valence-corrected chi connectivity index (χ2v) is 7.00. The average Bonchev–Trinajstić information content (AvgIpc) is 2.92. The zero-order chi connectivity index (χ0) is 16.7. The van der Waals surface area contributed by atoms with Crippen LogP contribution in [0.1, 0.15) is 49.2 Å². The lowest BCUT2D eigenvalue weighted by molar-refractivity contribution is -0.126. The Morgan fingerprint density at radius 3 is 2.96 bits per heavy atom. The molecule has 3 aliphatic rings. The maximum atomic E-state index is 12.8. The Labute approximate surface area is 140 Å². The van der Waals surface area contributed by atoms with Crippen LogP contribution in [0, 0.1) is 6.92 Å². The van der Waals surface area contributed by atoms with E-state index in [0.29, 0.717) is 25.1 Å². The van der Waals surface area contributed by atoms with E-state index in [1.165, 1.54) is 5.56 Å². The van der Waals surface area contributed by atoms with Gasteiger partial charge in [-0.2, -0.15) is 5.10 Å². The van der Waals surface area contributed by atoms with Crippen LogP contribution in [0.15, 0.2) is 11.3 Å². The minimum absolute atomic E-state index is 0.0462. The number of hydrogen-bond acceptors (Lipinski definition) is 5. The third-order valence-electron chi connectivity index (χ3n) is 5.38. The Bertz CT molecular complexity index is 740. The average molecular weight is 327 g/mol. The predicted molar refractivity (Wildman–Crippen MR) is 87.4 cm³/mol. The van der Waals surface area contributed by atoms with Gasteiger partial charge in [-0.1, -0.05) is 0 Å². The minimum Gasteiger partial charge on any atom is -0.337 e. The quantitative estimate of drug-likeness (QED) is 0.828. The van der Waals surface area contributed by atoms with Crippen LogP contribution in [-0.2, 0) is 21.4 Å². The highest BCUT2D eigenvalue weighted by Gasteiger charge is 2.45. The molecule has 1 aromatic rings. The van der Waals surface area contributed by atoms with E-state index in [0.717, 1.165) is 43.7 Å². The fourth-order valence-electron chi connectivity index (χ4n) is 4.14. The van der Waals surface area contributed by atoms with Crippen molar-refractivity contribution in [1.82, 2.24) is 20.3 Å². The van der Waals surface area contributed by atoms with Crippen LogP contribution in [-0.4, -0.2) is 45.5 Å². The fourth-order valence-corrected chi connectivity index (χ4v) is 4.14. The lowest BCUT2D eigenvalue weighted by Gasteiger charge is -2.40. The normalized spacial score (nSPS) is 26.1. The molecule has 3 heterocycles. The monoisotopic (exact) mass is 327 g/mol. The number of likely N-dealkylation sites (tertiary alicyclic amines) is 1. The molecule has 1 atom stereocenters. The zero-order valence-corrected chi connectivity index (χ0v) is 13.8. The smallest absolute Gasteiger partial charge is 0.270 e. The van der Waals surface area contributed by atoms with Crippen molar-refractivity contribution in [2.75, 3.05) is 13.1 Å². The number of aromatic nitrogens is 2. The number of fused-ring (bicyclic) bond motifs is 2. The summed E-state index contributed by atoms with van der Waals surface area (Å²) in [5, 5.41) is 3.96. The van der Waals surface area contributed by atoms with Crippen molar-refractivity contribution in [3.05, 3.63) is 23.3 Å². The first-order valence-corrected chi connectivity index (χ1v) is 8.55. The van der Waals surface area contributed by atoms with E-state index < -0.39 is 0 Å². The number of hydrogen-bond donors (Lipinski definition) is 1. The molecule has 2 amide bonds. The van der Waals surface area contributed by atoms with E-state index in [-0.39, 0.29) is 17.2 Å². The molecule has 1 aromatic heterocycles. The molecule has 1 spiro atoms. The van der Waals surface area contributed by atoms with E-state index in [1.54, 1.807) is 0 Å². The molecular formula is C17H21N5O2. The Morgan fingerprint density at radius 2 is 2.17 bits per heavy atom. The number of carbonyl (C=O) groups is 2. The highest BCUT2D eigenvalue weighted by atomic mass is 16.2. The summed E-state index contributed by atoms with van der Waals surface area (Å²) in [5.74, 6) is 0.615. The van der Waals surface area contributed by atoms with Crippen LogP contribution >= 0.6 is 0 Å². The summed E-state index contributed by atoms with van der Waals surface area (Å²) in [5.41, 5.74) is 5.18. The van der Waals surface area contributed by atoms with E-state index in [1.807, 2.05) is 18.0 Å². The van der Waals surface area contributed by atoms with Crippen LogP contribution < -0.4 is 5.43 Å². The van der Waals surface area contributed by atoms with Crippen molar-refractivity contribution < 1.29 is 9.59 Å². The Morgan fingerprint density at radius 1 is 1.29 bits per heavy atom. The third kappa shape index (κ3) is 2.48. The highest BCUT2D eigenvalue weighted by molar-refractivity contribution is 6.39. The molecule has 7 heteroatoms. The van der Waals surface area contributed by atoms with Gasteiger partial charge in [-0.3, -0.25) is 9.59 Å². The van der Waals surface area contributed by atoms with Crippen LogP contribution in [0.25, 0.3) is 0 Å². The van der Waals surface area contributed by atoms with Gasteiger partial charge in [0.25, 0.3) is 5.91 Å². The first kappa shape index (κ1) is 15.2. The summed E-state index contributed by atoms with van der Waals surface area (Å²) < 4.78 is 0. The number of carbonyl (C=O) groups excluding carboxylic acids is 2. The van der Waals surface area contributed by atoms with Gasteiger partial charge in [-0.05, 0) is 38.2 Å². The van der Waals surface area contributed by atoms with Crippen LogP contribution in [0.5, 0.6) is 0 Å². The summed E-state index contributed by atoms with van der Waals surface area (Å²) in [4.78, 5) is 34.9. The van der Waals surface area contributed by atoms with Crippen molar-refractivity contribution in [2.45, 2.75) is 50.9 Å². The Hall–Kier alpha value is -2.31. The molecule has 1 saturated heterocycles. The van der Waals surface area contributed by atoms with Crippen molar-refractivity contribution in [3.63, 3.8) is 0 Å². The molecule has 0 radical (unpaired) electrons. The van der Waals surface area contributed by atoms with Crippen LogP contribution in [0.3, 0.4) is 0 Å². The summed E-state index contributed by atoms with van der Waals surface area (Å²) in [6.45, 7) is 3.34. The van der Waals surface area contributed by atoms with E-state index in [4.69, 9.17) is 4.98 Å². The maximum absolute atomic E-state index is 12.8. The second-order valence-electron chi connectivity index (χ2n) is 7.00. The fraction of sp³-hybridized carbons (Fsp3) is 0.588. The SMILES string of the molecule is Cc1ncc2c(n1)C1(CCCN(C(=O)C3=NNC(=O)CC3)C1)CC2. The molecule has 1 N–H and O–H groups in total. The Balaban J connectivity index is 1.58. The van der Waals surface area contributed by atoms with Crippen LogP contribution in [0.2, 0.25) is 0 Å². The molecule has 1 fully saturated rings. The lowest BCUT2D eigenvalue weighted by atomic mass is 9.77. The Kier molecular flexibility index (Phi) is 3.58. The number of piperidine rings is 1. The van der Waals surface area contributed by atoms with Gasteiger partial charge in [0, 0.05) is 37.5 Å². The highest BCUT2D eigenvalue weighted by Crippen LogP contribution is 2.43. The summed E-state index contributed by atoms with van der Waals surface area (Å²) in [6, 6.07) is 0. The molecule has 0 bridgehead atoms. The van der Waals surface area contributed by atoms with Crippen LogP contribution in [0.4, 0.5) is 0 Å². The first-order valence-electron chi connectivity index (χ1n) is 8.55. The van der Waals surface area contributed by atoms with E-state index >= 15 is 0 Å². The summed E-state index contributed by atoms with van der Waals surface area (Å²) in [6.07, 6.45) is 6.72. The van der Waals surface area contributed by atoms with Gasteiger partial charge >= 0.3 is 0 Å². The van der Waals surface area contributed by atoms with Gasteiger partial charge in [-0.15, -0.1) is 0 Å². The maximum Gasteiger partial charge on any atom is 0.270 e. The van der Waals surface area contributed by atoms with Gasteiger partial charge in [0.2, 0.25) is 5.91 Å². The molecule has 24 heavy (non-hydrogen) atoms. The molecule has 1 unspecified atom stereocenters. The molecule has 4 rings (SSSR count). The topological polar surface area (TPSA) is 87.6 Å². The van der Waals surface area contributed by atoms with Gasteiger partial charge in [0.05, 0.1) is 5.69 Å². The molecule has 1 aliphatic carbocycles. The molecule has 2 aliphatic heterocycles. The molecule has 126 valence electrons. The summed E-state index contributed by atoms with van der Waals surface area (Å²) in [7, 11) is 0. The number of nitrogens with zero attached hydrogens (tertiary/aromatic N) is 4. The van der Waals surface area contributed by atoms with Crippen molar-refractivity contribution in [3.8, 4) is 0 Å². The largest absolute Gasteiger partial charge is 0.337 e. The minimum atomic E-state index is -0.126. The van der Waals surface area contributed by atoms with Gasteiger partial charge in [0.15, 0.2) is 0 Å². The van der Waals surface area contributed by atoms with Gasteiger partial charge in [0.1, 0.15) is 11.5 Å². The van der Waals surface area contributed by atoms with Crippen molar-refractivity contribution in [1.29, 1.82) is 0 Å². The molecule has 7 nitrogen and oxygen atoms in total. The molecular weight excluding hydrogens is 306 g/mol. The number of hydrazone groups is 1. The number of aryl methyl sites for hydroxylation is 2. The number of rotatable bonds is 1. The molecule has 0 saturated carbocycles. The molecule has 0 aromatic carbocycles. The van der Waals surface area contributed by atoms with E-state index in [9.17, 15) is 9.59 Å². The van der Waals surface area contributed by atoms with Crippen molar-refractivity contribution >= 4 is 17.5 Å². The third-order valence-corrected chi connectivity index (χ3v) is 5.38. The first-order chi connectivity index (χ1) is 11.6. The second kappa shape index (κ2) is 5.65. The number of nitrogens with one attached hydrogen (secondary N) is 1. The van der Waals surface area contributed by atoms with Gasteiger partial charge in [-0.25, -0.2) is 15.4 Å². The standard InChI is InChI=1S/C17H21N5O2/c1-11-18-9-12-5-7-17(15(12)19-11)6-2-8-22(10-17)16(24)13-3-4-14(23)21-20-13/h9H,2-8,10H2,1H3,(H,21,23). The van der Waals surface area contributed by atoms with E-state index in [2.05, 4.69) is 15.5 Å². The van der Waals surface area contributed by atoms with Crippen molar-refractivity contribution in [2.24, 2.45) is 5.10 Å². The summed E-state index contributed by atoms with van der Waals surface area (Å²) >= 11 is 0. The number of amides is 2. The predicted octanol–water partition coefficient (Wildman–Crippen LogP) is 0.857. The van der Waals surface area contributed by atoms with Gasteiger partial charge < -0.3 is 4.90 Å².